The Balaban J connectivity index is 1.77. The van der Waals surface area contributed by atoms with Crippen molar-refractivity contribution in [3.8, 4) is 22.5 Å². The van der Waals surface area contributed by atoms with Gasteiger partial charge in [0.05, 0.1) is 27.9 Å². The number of nitrogens with zero attached hydrogens (tertiary/aromatic N) is 6. The monoisotopic (exact) mass is 430 g/mol. The van der Waals surface area contributed by atoms with Gasteiger partial charge in [-0.2, -0.15) is 27.5 Å². The van der Waals surface area contributed by atoms with Crippen LogP contribution in [0.5, 0.6) is 0 Å². The molecule has 6 nitrogen and oxygen atoms in total. The van der Waals surface area contributed by atoms with Gasteiger partial charge in [-0.1, -0.05) is 0 Å². The van der Waals surface area contributed by atoms with Crippen molar-refractivity contribution in [2.45, 2.75) is 19.3 Å². The number of pyridine rings is 2. The zero-order chi connectivity index (χ0) is 22.5. The molecule has 0 unspecified atom stereocenters. The molecule has 0 saturated carbocycles. The lowest BCUT2D eigenvalue weighted by atomic mass is 9.91. The quantitative estimate of drug-likeness (QED) is 0.360. The normalized spacial score (nSPS) is 11.9. The predicted octanol–water partition coefficient (Wildman–Crippen LogP) is 4.16. The van der Waals surface area contributed by atoms with Crippen LogP contribution in [0.2, 0.25) is 0 Å². The van der Waals surface area contributed by atoms with E-state index in [4.69, 9.17) is 0 Å². The van der Waals surface area contributed by atoms with Crippen LogP contribution in [0, 0.1) is 23.8 Å². The van der Waals surface area contributed by atoms with Crippen LogP contribution in [0.4, 0.5) is 17.6 Å². The van der Waals surface area contributed by atoms with Gasteiger partial charge in [0.2, 0.25) is 23.8 Å². The lowest BCUT2D eigenvalue weighted by molar-refractivity contribution is 0.508. The Bertz CT molecular complexity index is 1190. The Morgan fingerprint density at radius 3 is 1.39 bits per heavy atom. The van der Waals surface area contributed by atoms with Crippen molar-refractivity contribution in [1.82, 2.24) is 29.1 Å². The molecule has 0 aliphatic carbocycles. The molecule has 160 valence electrons. The molecule has 4 aromatic heterocycles. The number of imidazole rings is 2. The van der Waals surface area contributed by atoms with Crippen LogP contribution in [-0.2, 0) is 19.5 Å². The largest absolute Gasteiger partial charge is 0.337 e. The van der Waals surface area contributed by atoms with Crippen molar-refractivity contribution >= 4 is 0 Å². The summed E-state index contributed by atoms with van der Waals surface area (Å²) in [5.41, 5.74) is -0.0657. The Morgan fingerprint density at radius 1 is 0.645 bits per heavy atom. The zero-order valence-electron chi connectivity index (χ0n) is 17.2. The second kappa shape index (κ2) is 7.29. The summed E-state index contributed by atoms with van der Waals surface area (Å²) in [6.45, 7) is 3.73. The molecule has 0 aliphatic rings. The number of hydrogen-bond donors (Lipinski definition) is 0. The maximum atomic E-state index is 14.1. The minimum Gasteiger partial charge on any atom is -0.337 e. The molecule has 0 aliphatic heterocycles. The van der Waals surface area contributed by atoms with Crippen LogP contribution in [-0.4, -0.2) is 29.1 Å². The predicted molar refractivity (Wildman–Crippen MR) is 105 cm³/mol. The number of rotatable bonds is 4. The summed E-state index contributed by atoms with van der Waals surface area (Å²) in [6.07, 6.45) is 3.23. The molecule has 0 spiro atoms. The van der Waals surface area contributed by atoms with Gasteiger partial charge in [0.1, 0.15) is 11.6 Å². The molecule has 4 heterocycles. The molecule has 4 aromatic rings. The van der Waals surface area contributed by atoms with E-state index in [1.807, 2.05) is 13.8 Å². The standard InChI is InChI=1S/C21H18F4N6/c1-21(2,19-26-13(9-30(19)3)11-5-7-15(22)28-17(11)24)20-27-14(10-31(20)4)12-6-8-16(23)29-18(12)25/h5-10H,1-4H3. The summed E-state index contributed by atoms with van der Waals surface area (Å²) in [5.74, 6) is -2.66. The fourth-order valence-corrected chi connectivity index (χ4v) is 3.66. The highest BCUT2D eigenvalue weighted by molar-refractivity contribution is 5.60. The number of aromatic nitrogens is 6. The minimum atomic E-state index is -0.957. The van der Waals surface area contributed by atoms with Crippen molar-refractivity contribution in [2.75, 3.05) is 0 Å². The molecule has 0 saturated heterocycles. The first-order valence-corrected chi connectivity index (χ1v) is 9.30. The topological polar surface area (TPSA) is 61.4 Å². The molecule has 0 N–H and O–H groups in total. The minimum absolute atomic E-state index is 0.0686. The lowest BCUT2D eigenvalue weighted by Crippen LogP contribution is -2.27. The Morgan fingerprint density at radius 2 is 1.03 bits per heavy atom. The SMILES string of the molecule is Cn1cc(-c2ccc(F)nc2F)nc1C(C)(C)c1nc(-c2ccc(F)nc2F)cn1C. The van der Waals surface area contributed by atoms with Gasteiger partial charge in [-0.25, -0.2) is 9.97 Å². The van der Waals surface area contributed by atoms with E-state index < -0.39 is 29.2 Å². The van der Waals surface area contributed by atoms with Crippen LogP contribution < -0.4 is 0 Å². The van der Waals surface area contributed by atoms with Gasteiger partial charge in [-0.15, -0.1) is 0 Å². The van der Waals surface area contributed by atoms with Gasteiger partial charge in [0.15, 0.2) is 0 Å². The highest BCUT2D eigenvalue weighted by Gasteiger charge is 2.33. The maximum absolute atomic E-state index is 14.1. The van der Waals surface area contributed by atoms with E-state index in [0.29, 0.717) is 23.0 Å². The van der Waals surface area contributed by atoms with Crippen molar-refractivity contribution in [2.24, 2.45) is 14.1 Å². The van der Waals surface area contributed by atoms with Gasteiger partial charge in [-0.05, 0) is 38.1 Å². The highest BCUT2D eigenvalue weighted by Crippen LogP contribution is 2.34. The van der Waals surface area contributed by atoms with Gasteiger partial charge >= 0.3 is 0 Å². The van der Waals surface area contributed by atoms with Crippen molar-refractivity contribution in [3.63, 3.8) is 0 Å². The van der Waals surface area contributed by atoms with E-state index in [9.17, 15) is 17.6 Å². The molecular formula is C21H18F4N6. The van der Waals surface area contributed by atoms with Crippen LogP contribution in [0.25, 0.3) is 22.5 Å². The fourth-order valence-electron chi connectivity index (χ4n) is 3.66. The fraction of sp³-hybridized carbons (Fsp3) is 0.238. The van der Waals surface area contributed by atoms with Gasteiger partial charge in [0.25, 0.3) is 0 Å². The molecular weight excluding hydrogens is 412 g/mol. The number of hydrogen-bond acceptors (Lipinski definition) is 4. The number of halogens is 4. The van der Waals surface area contributed by atoms with Gasteiger partial charge in [-0.3, -0.25) is 0 Å². The van der Waals surface area contributed by atoms with Gasteiger partial charge < -0.3 is 9.13 Å². The Kier molecular flexibility index (Phi) is 4.87. The molecule has 0 fully saturated rings. The average molecular weight is 430 g/mol. The molecule has 0 bridgehead atoms. The number of aryl methyl sites for hydroxylation is 2. The lowest BCUT2D eigenvalue weighted by Gasteiger charge is -2.23. The third-order valence-electron chi connectivity index (χ3n) is 5.05. The third-order valence-corrected chi connectivity index (χ3v) is 5.05. The Hall–Kier alpha value is -3.56. The van der Waals surface area contributed by atoms with E-state index in [-0.39, 0.29) is 11.1 Å². The highest BCUT2D eigenvalue weighted by atomic mass is 19.1. The van der Waals surface area contributed by atoms with E-state index in [1.165, 1.54) is 12.1 Å². The molecule has 31 heavy (non-hydrogen) atoms. The summed E-state index contributed by atoms with van der Waals surface area (Å²) in [4.78, 5) is 15.5. The first kappa shape index (κ1) is 20.7. The summed E-state index contributed by atoms with van der Waals surface area (Å²) < 4.78 is 58.0. The zero-order valence-corrected chi connectivity index (χ0v) is 17.2. The second-order valence-corrected chi connectivity index (χ2v) is 7.69. The summed E-state index contributed by atoms with van der Waals surface area (Å²) in [6, 6.07) is 4.68. The van der Waals surface area contributed by atoms with Crippen molar-refractivity contribution in [3.05, 3.63) is 72.1 Å². The van der Waals surface area contributed by atoms with Crippen LogP contribution in [0.15, 0.2) is 36.7 Å². The first-order valence-electron chi connectivity index (χ1n) is 9.30. The summed E-state index contributed by atoms with van der Waals surface area (Å²) in [7, 11) is 3.49. The first-order chi connectivity index (χ1) is 14.6. The smallest absolute Gasteiger partial charge is 0.225 e. The summed E-state index contributed by atoms with van der Waals surface area (Å²) >= 11 is 0. The molecule has 0 amide bonds. The van der Waals surface area contributed by atoms with Crippen molar-refractivity contribution in [1.29, 1.82) is 0 Å². The average Bonchev–Trinajstić information content (AvgIpc) is 3.25. The Labute approximate surface area is 175 Å². The third kappa shape index (κ3) is 3.58. The van der Waals surface area contributed by atoms with Crippen LogP contribution in [0.3, 0.4) is 0 Å². The summed E-state index contributed by atoms with van der Waals surface area (Å²) in [5, 5.41) is 0. The molecule has 4 rings (SSSR count). The molecule has 0 atom stereocenters. The van der Waals surface area contributed by atoms with Crippen molar-refractivity contribution < 1.29 is 17.6 Å². The van der Waals surface area contributed by atoms with E-state index >= 15 is 0 Å². The van der Waals surface area contributed by atoms with E-state index in [2.05, 4.69) is 19.9 Å². The van der Waals surface area contributed by atoms with E-state index in [1.54, 1.807) is 35.6 Å². The van der Waals surface area contributed by atoms with Crippen LogP contribution in [0.1, 0.15) is 25.5 Å². The van der Waals surface area contributed by atoms with Crippen LogP contribution >= 0.6 is 0 Å². The van der Waals surface area contributed by atoms with Gasteiger partial charge in [0, 0.05) is 26.5 Å². The second-order valence-electron chi connectivity index (χ2n) is 7.69. The maximum Gasteiger partial charge on any atom is 0.225 e. The molecule has 0 aromatic carbocycles. The van der Waals surface area contributed by atoms with E-state index in [0.717, 1.165) is 12.1 Å². The molecule has 10 heteroatoms. The molecule has 0 radical (unpaired) electrons.